The van der Waals surface area contributed by atoms with E-state index in [1.54, 1.807) is 4.90 Å². The lowest BCUT2D eigenvalue weighted by atomic mass is 10.2. The molecule has 1 rings (SSSR count). The first-order chi connectivity index (χ1) is 5.63. The molecule has 0 spiro atoms. The van der Waals surface area contributed by atoms with Gasteiger partial charge in [-0.15, -0.1) is 11.6 Å². The molecule has 3 nitrogen and oxygen atoms in total. The number of amides is 1. The van der Waals surface area contributed by atoms with E-state index >= 15 is 0 Å². The number of hydrogen-bond acceptors (Lipinski definition) is 2. The normalized spacial score (nSPS) is 26.4. The second kappa shape index (κ2) is 4.10. The van der Waals surface area contributed by atoms with E-state index in [-0.39, 0.29) is 11.8 Å². The predicted octanol–water partition coefficient (Wildman–Crippen LogP) is 0.454. The number of alkyl halides is 1. The molecule has 4 heteroatoms. The zero-order valence-corrected chi connectivity index (χ0v) is 7.92. The summed E-state index contributed by atoms with van der Waals surface area (Å²) in [6.07, 6.45) is 0.0237. The summed E-state index contributed by atoms with van der Waals surface area (Å²) in [6, 6.07) is 0. The molecular formula is C8H14ClNO2. The van der Waals surface area contributed by atoms with Crippen LogP contribution in [0.15, 0.2) is 0 Å². The average Bonchev–Trinajstić information content (AvgIpc) is 2.30. The Morgan fingerprint density at radius 2 is 2.50 bits per heavy atom. The summed E-state index contributed by atoms with van der Waals surface area (Å²) < 4.78 is 0. The predicted molar refractivity (Wildman–Crippen MR) is 47.1 cm³/mol. The van der Waals surface area contributed by atoms with Crippen molar-refractivity contribution in [3.63, 3.8) is 0 Å². The first-order valence-corrected chi connectivity index (χ1v) is 4.68. The number of likely N-dealkylation sites (tertiary alicyclic amines) is 1. The van der Waals surface area contributed by atoms with Gasteiger partial charge in [0.1, 0.15) is 0 Å². The van der Waals surface area contributed by atoms with E-state index in [0.717, 1.165) is 6.54 Å². The molecule has 2 atom stereocenters. The van der Waals surface area contributed by atoms with Crippen molar-refractivity contribution in [3.8, 4) is 0 Å². The quantitative estimate of drug-likeness (QED) is 0.659. The molecule has 0 aliphatic carbocycles. The van der Waals surface area contributed by atoms with E-state index in [1.807, 2.05) is 6.92 Å². The monoisotopic (exact) mass is 191 g/mol. The number of carbonyl (C=O) groups excluding carboxylic acids is 1. The number of nitrogens with zero attached hydrogens (tertiary/aromatic N) is 1. The Balaban J connectivity index is 2.37. The number of aliphatic hydroxyl groups excluding tert-OH is 1. The van der Waals surface area contributed by atoms with Crippen LogP contribution in [-0.4, -0.2) is 41.0 Å². The van der Waals surface area contributed by atoms with Crippen molar-refractivity contribution in [1.82, 2.24) is 4.90 Å². The van der Waals surface area contributed by atoms with Crippen molar-refractivity contribution in [1.29, 1.82) is 0 Å². The minimum atomic E-state index is -0.582. The van der Waals surface area contributed by atoms with Gasteiger partial charge < -0.3 is 10.0 Å². The van der Waals surface area contributed by atoms with Gasteiger partial charge in [0.2, 0.25) is 5.91 Å². The minimum Gasteiger partial charge on any atom is -0.390 e. The molecule has 1 fully saturated rings. The van der Waals surface area contributed by atoms with Crippen LogP contribution in [0.5, 0.6) is 0 Å². The molecular weight excluding hydrogens is 178 g/mol. The molecule has 1 heterocycles. The highest BCUT2D eigenvalue weighted by Gasteiger charge is 2.27. The van der Waals surface area contributed by atoms with E-state index in [1.165, 1.54) is 0 Å². The Morgan fingerprint density at radius 1 is 1.83 bits per heavy atom. The molecule has 1 saturated heterocycles. The van der Waals surface area contributed by atoms with Crippen molar-refractivity contribution in [2.45, 2.75) is 19.4 Å². The summed E-state index contributed by atoms with van der Waals surface area (Å²) in [5, 5.41) is 9.20. The van der Waals surface area contributed by atoms with Gasteiger partial charge in [0.15, 0.2) is 0 Å². The smallest absolute Gasteiger partial charge is 0.223 e. The molecule has 0 radical (unpaired) electrons. The second-order valence-electron chi connectivity index (χ2n) is 3.42. The van der Waals surface area contributed by atoms with Crippen LogP contribution in [0, 0.1) is 5.92 Å². The van der Waals surface area contributed by atoms with Crippen LogP contribution in [0.2, 0.25) is 0 Å². The number of aliphatic hydroxyl groups is 1. The van der Waals surface area contributed by atoms with Crippen LogP contribution >= 0.6 is 11.6 Å². The van der Waals surface area contributed by atoms with Crippen LogP contribution in [0.4, 0.5) is 0 Å². The topological polar surface area (TPSA) is 40.5 Å². The zero-order chi connectivity index (χ0) is 9.14. The molecule has 1 amide bonds. The van der Waals surface area contributed by atoms with Gasteiger partial charge >= 0.3 is 0 Å². The second-order valence-corrected chi connectivity index (χ2v) is 3.72. The molecule has 1 aliphatic heterocycles. The first kappa shape index (κ1) is 9.81. The number of carbonyl (C=O) groups is 1. The summed E-state index contributed by atoms with van der Waals surface area (Å²) >= 11 is 5.43. The Kier molecular flexibility index (Phi) is 3.35. The maximum atomic E-state index is 11.2. The van der Waals surface area contributed by atoms with Crippen molar-refractivity contribution in [2.24, 2.45) is 5.92 Å². The third-order valence-corrected chi connectivity index (χ3v) is 2.37. The Labute approximate surface area is 77.3 Å². The molecule has 12 heavy (non-hydrogen) atoms. The lowest BCUT2D eigenvalue weighted by Gasteiger charge is -2.18. The molecule has 1 aliphatic rings. The minimum absolute atomic E-state index is 0.131. The van der Waals surface area contributed by atoms with E-state index in [2.05, 4.69) is 0 Å². The van der Waals surface area contributed by atoms with Gasteiger partial charge in [-0.2, -0.15) is 0 Å². The van der Waals surface area contributed by atoms with E-state index < -0.39 is 6.10 Å². The molecule has 0 aromatic heterocycles. The van der Waals surface area contributed by atoms with Crippen molar-refractivity contribution >= 4 is 17.5 Å². The van der Waals surface area contributed by atoms with Gasteiger partial charge in [-0.1, -0.05) is 6.92 Å². The highest BCUT2D eigenvalue weighted by Crippen LogP contribution is 2.16. The standard InChI is InChI=1S/C8H14ClNO2/c1-6-2-8(12)10(4-6)5-7(11)3-9/h6-7,11H,2-5H2,1H3. The fourth-order valence-electron chi connectivity index (χ4n) is 1.45. The zero-order valence-electron chi connectivity index (χ0n) is 7.16. The highest BCUT2D eigenvalue weighted by molar-refractivity contribution is 6.18. The van der Waals surface area contributed by atoms with E-state index in [9.17, 15) is 9.90 Å². The molecule has 0 aromatic rings. The summed E-state index contributed by atoms with van der Waals surface area (Å²) in [7, 11) is 0. The maximum Gasteiger partial charge on any atom is 0.223 e. The number of hydrogen-bond donors (Lipinski definition) is 1. The van der Waals surface area contributed by atoms with E-state index in [0.29, 0.717) is 18.9 Å². The van der Waals surface area contributed by atoms with Crippen LogP contribution in [0.1, 0.15) is 13.3 Å². The summed E-state index contributed by atoms with van der Waals surface area (Å²) in [6.45, 7) is 3.17. The van der Waals surface area contributed by atoms with Gasteiger partial charge in [-0.25, -0.2) is 0 Å². The van der Waals surface area contributed by atoms with Gasteiger partial charge in [0, 0.05) is 19.5 Å². The van der Waals surface area contributed by atoms with Gasteiger partial charge in [0.25, 0.3) is 0 Å². The first-order valence-electron chi connectivity index (χ1n) is 4.15. The Bertz CT molecular complexity index is 174. The molecule has 0 aromatic carbocycles. The van der Waals surface area contributed by atoms with Crippen LogP contribution in [0.25, 0.3) is 0 Å². The maximum absolute atomic E-state index is 11.2. The largest absolute Gasteiger partial charge is 0.390 e. The average molecular weight is 192 g/mol. The van der Waals surface area contributed by atoms with Gasteiger partial charge in [-0.05, 0) is 5.92 Å². The van der Waals surface area contributed by atoms with Crippen LogP contribution < -0.4 is 0 Å². The van der Waals surface area contributed by atoms with Crippen LogP contribution in [-0.2, 0) is 4.79 Å². The Hall–Kier alpha value is -0.280. The molecule has 0 saturated carbocycles. The fourth-order valence-corrected chi connectivity index (χ4v) is 1.55. The van der Waals surface area contributed by atoms with Gasteiger partial charge in [-0.3, -0.25) is 4.79 Å². The van der Waals surface area contributed by atoms with Crippen molar-refractivity contribution in [3.05, 3.63) is 0 Å². The summed E-state index contributed by atoms with van der Waals surface area (Å²) in [5.41, 5.74) is 0. The summed E-state index contributed by atoms with van der Waals surface area (Å²) in [4.78, 5) is 12.9. The molecule has 1 N–H and O–H groups in total. The highest BCUT2D eigenvalue weighted by atomic mass is 35.5. The summed E-state index contributed by atoms with van der Waals surface area (Å²) in [5.74, 6) is 0.740. The van der Waals surface area contributed by atoms with Crippen LogP contribution in [0.3, 0.4) is 0 Å². The lowest BCUT2D eigenvalue weighted by Crippen LogP contribution is -2.34. The molecule has 0 bridgehead atoms. The number of rotatable bonds is 3. The number of halogens is 1. The third-order valence-electron chi connectivity index (χ3n) is 2.02. The number of β-amino-alcohol motifs (C(OH)–C–C–N with tert-alkyl or cyclic N) is 1. The third kappa shape index (κ3) is 2.35. The van der Waals surface area contributed by atoms with Gasteiger partial charge in [0.05, 0.1) is 12.0 Å². The van der Waals surface area contributed by atoms with E-state index in [4.69, 9.17) is 11.6 Å². The fraction of sp³-hybridized carbons (Fsp3) is 0.875. The SMILES string of the molecule is CC1CC(=O)N(CC(O)CCl)C1. The van der Waals surface area contributed by atoms with Crippen molar-refractivity contribution < 1.29 is 9.90 Å². The molecule has 2 unspecified atom stereocenters. The molecule has 70 valence electrons. The Morgan fingerprint density at radius 3 is 2.92 bits per heavy atom. The van der Waals surface area contributed by atoms with Crippen molar-refractivity contribution in [2.75, 3.05) is 19.0 Å². The lowest BCUT2D eigenvalue weighted by molar-refractivity contribution is -0.128.